The maximum absolute atomic E-state index is 15.0. The molecule has 0 saturated heterocycles. The third kappa shape index (κ3) is 9.62. The van der Waals surface area contributed by atoms with Crippen LogP contribution in [-0.2, 0) is 20.9 Å². The van der Waals surface area contributed by atoms with Gasteiger partial charge in [-0.15, -0.1) is 6.58 Å². The zero-order chi connectivity index (χ0) is 45.8. The SMILES string of the molecule is C=CCO[C@@]12Oc3ccc(Oc4ccc(-c5ccccc5)cc4)cc3[C@H]3[C@H](CCCCO)[C@@H](CCCCO)C=C(C(=NOC(C)(C)C)C[C@@H]1N(Cc1ccc4c(c1)OCO4)C(=O)C1CC1)[C@H]32. The van der Waals surface area contributed by atoms with Gasteiger partial charge >= 0.3 is 0 Å². The lowest BCUT2D eigenvalue weighted by Gasteiger charge is -2.60. The number of aliphatic hydroxyl groups is 2. The Morgan fingerprint density at radius 1 is 0.864 bits per heavy atom. The molecule has 5 aliphatic rings. The summed E-state index contributed by atoms with van der Waals surface area (Å²) in [4.78, 5) is 23.3. The summed E-state index contributed by atoms with van der Waals surface area (Å²) in [5, 5.41) is 25.1. The summed E-state index contributed by atoms with van der Waals surface area (Å²) < 4.78 is 32.9. The maximum atomic E-state index is 15.0. The van der Waals surface area contributed by atoms with Gasteiger partial charge in [0.25, 0.3) is 0 Å². The zero-order valence-electron chi connectivity index (χ0n) is 38.5. The fourth-order valence-corrected chi connectivity index (χ4v) is 10.5. The number of carbonyl (C=O) groups is 1. The van der Waals surface area contributed by atoms with Crippen LogP contribution in [0.5, 0.6) is 28.7 Å². The fourth-order valence-electron chi connectivity index (χ4n) is 10.5. The molecule has 2 saturated carbocycles. The molecule has 2 fully saturated rings. The first-order valence-corrected chi connectivity index (χ1v) is 23.9. The van der Waals surface area contributed by atoms with Crippen LogP contribution in [0.2, 0.25) is 0 Å². The number of aliphatic hydroxyl groups excluding tert-OH is 2. The van der Waals surface area contributed by atoms with E-state index in [1.54, 1.807) is 6.08 Å². The predicted molar refractivity (Wildman–Crippen MR) is 254 cm³/mol. The quantitative estimate of drug-likeness (QED) is 0.0537. The summed E-state index contributed by atoms with van der Waals surface area (Å²) in [6, 6.07) is 29.7. The second-order valence-corrected chi connectivity index (χ2v) is 19.4. The van der Waals surface area contributed by atoms with Crippen molar-refractivity contribution in [3.05, 3.63) is 126 Å². The Labute approximate surface area is 389 Å². The van der Waals surface area contributed by atoms with Gasteiger partial charge in [-0.25, -0.2) is 0 Å². The zero-order valence-corrected chi connectivity index (χ0v) is 38.5. The van der Waals surface area contributed by atoms with Crippen LogP contribution in [0, 0.1) is 23.7 Å². The molecule has 0 unspecified atom stereocenters. The highest BCUT2D eigenvalue weighted by molar-refractivity contribution is 6.03. The van der Waals surface area contributed by atoms with Gasteiger partial charge in [0.2, 0.25) is 18.5 Å². The van der Waals surface area contributed by atoms with E-state index in [0.29, 0.717) is 48.0 Å². The number of hydrogen-bond acceptors (Lipinski definition) is 10. The number of oxime groups is 1. The summed E-state index contributed by atoms with van der Waals surface area (Å²) in [6.07, 6.45) is 10.8. The molecule has 2 N–H and O–H groups in total. The van der Waals surface area contributed by atoms with Crippen LogP contribution in [0.15, 0.2) is 120 Å². The Morgan fingerprint density at radius 3 is 2.30 bits per heavy atom. The first-order chi connectivity index (χ1) is 32.1. The smallest absolute Gasteiger partial charge is 0.239 e. The van der Waals surface area contributed by atoms with Gasteiger partial charge in [-0.3, -0.25) is 4.79 Å². The molecule has 11 nitrogen and oxygen atoms in total. The van der Waals surface area contributed by atoms with Crippen molar-refractivity contribution in [2.75, 3.05) is 26.6 Å². The molecule has 3 aliphatic carbocycles. The van der Waals surface area contributed by atoms with Crippen molar-refractivity contribution in [3.8, 4) is 39.9 Å². The van der Waals surface area contributed by atoms with E-state index in [2.05, 4.69) is 43.0 Å². The van der Waals surface area contributed by atoms with Crippen molar-refractivity contribution in [2.24, 2.45) is 28.8 Å². The summed E-state index contributed by atoms with van der Waals surface area (Å²) in [5.74, 6) is 1.50. The Kier molecular flexibility index (Phi) is 13.6. The van der Waals surface area contributed by atoms with Crippen molar-refractivity contribution >= 4 is 11.6 Å². The van der Waals surface area contributed by atoms with E-state index in [4.69, 9.17) is 33.7 Å². The van der Waals surface area contributed by atoms with E-state index in [9.17, 15) is 15.0 Å². The van der Waals surface area contributed by atoms with Crippen molar-refractivity contribution in [1.82, 2.24) is 4.90 Å². The largest absolute Gasteiger partial charge is 0.459 e. The summed E-state index contributed by atoms with van der Waals surface area (Å²) in [6.45, 7) is 10.9. The average Bonchev–Trinajstić information content (AvgIpc) is 4.07. The monoisotopic (exact) mass is 896 g/mol. The number of benzene rings is 4. The minimum Gasteiger partial charge on any atom is -0.459 e. The molecule has 0 aromatic heterocycles. The third-order valence-corrected chi connectivity index (χ3v) is 13.6. The molecule has 1 amide bonds. The number of amides is 1. The molecular weight excluding hydrogens is 833 g/mol. The highest BCUT2D eigenvalue weighted by atomic mass is 16.7. The third-order valence-electron chi connectivity index (χ3n) is 13.6. The second-order valence-electron chi connectivity index (χ2n) is 19.4. The van der Waals surface area contributed by atoms with E-state index in [1.165, 1.54) is 0 Å². The van der Waals surface area contributed by atoms with Gasteiger partial charge in [-0.2, -0.15) is 0 Å². The highest BCUT2D eigenvalue weighted by Crippen LogP contribution is 2.62. The van der Waals surface area contributed by atoms with Gasteiger partial charge in [0.1, 0.15) is 28.9 Å². The van der Waals surface area contributed by atoms with E-state index >= 15 is 0 Å². The first kappa shape index (κ1) is 45.5. The van der Waals surface area contributed by atoms with Gasteiger partial charge in [-0.05, 0) is 136 Å². The van der Waals surface area contributed by atoms with Crippen LogP contribution in [0.4, 0.5) is 0 Å². The number of ether oxygens (including phenoxy) is 5. The maximum Gasteiger partial charge on any atom is 0.239 e. The predicted octanol–water partition coefficient (Wildman–Crippen LogP) is 10.7. The van der Waals surface area contributed by atoms with Crippen molar-refractivity contribution in [1.29, 1.82) is 0 Å². The number of carbonyl (C=O) groups excluding carboxylic acids is 1. The first-order valence-electron chi connectivity index (χ1n) is 23.9. The molecule has 348 valence electrons. The second kappa shape index (κ2) is 19.7. The van der Waals surface area contributed by atoms with Gasteiger partial charge in [0, 0.05) is 43.6 Å². The van der Waals surface area contributed by atoms with Gasteiger partial charge in [-0.1, -0.05) is 78.7 Å². The van der Waals surface area contributed by atoms with Crippen LogP contribution in [0.1, 0.15) is 95.6 Å². The molecular formula is C55H64N2O9. The summed E-state index contributed by atoms with van der Waals surface area (Å²) >= 11 is 0. The molecule has 4 aromatic carbocycles. The molecule has 2 aliphatic heterocycles. The van der Waals surface area contributed by atoms with E-state index in [0.717, 1.165) is 72.1 Å². The van der Waals surface area contributed by atoms with E-state index in [1.807, 2.05) is 86.3 Å². The Balaban J connectivity index is 1.21. The van der Waals surface area contributed by atoms with Crippen molar-refractivity contribution in [2.45, 2.75) is 108 Å². The summed E-state index contributed by atoms with van der Waals surface area (Å²) in [5.41, 5.74) is 5.30. The standard InChI is InChI=1S/C55H64N2O9/c1-5-29-63-55-50(57(53(60)39-18-19-39)34-36-17-25-48-49(30-36)62-35-61-48)33-46(56-66-54(2,3)4)44-31-40(15-9-11-27-58)43(16-10-12-28-59)51(52(44)55)45-32-42(24-26-47(45)65-55)64-41-22-20-38(21-23-41)37-13-7-6-8-14-37/h5-8,13-14,17,20-26,30-32,39-40,43,50-52,58-59H,1,9-12,15-16,18-19,27-29,33-35H2,2-4H3/t40-,43+,50-,51+,52+,55+/m0/s1. The molecule has 2 heterocycles. The fraction of sp³-hybridized carbons (Fsp3) is 0.455. The molecule has 11 heteroatoms. The Hall–Kier alpha value is -5.62. The van der Waals surface area contributed by atoms with E-state index in [-0.39, 0.29) is 62.7 Å². The topological polar surface area (TPSA) is 129 Å². The van der Waals surface area contributed by atoms with E-state index < -0.39 is 23.3 Å². The van der Waals surface area contributed by atoms with Gasteiger partial charge in [0.05, 0.1) is 18.2 Å². The van der Waals surface area contributed by atoms with Crippen molar-refractivity contribution < 1.29 is 43.5 Å². The van der Waals surface area contributed by atoms with Crippen molar-refractivity contribution in [3.63, 3.8) is 0 Å². The van der Waals surface area contributed by atoms with Crippen LogP contribution < -0.4 is 18.9 Å². The lowest BCUT2D eigenvalue weighted by Crippen LogP contribution is -2.70. The average molecular weight is 897 g/mol. The number of nitrogens with zero attached hydrogens (tertiary/aromatic N) is 2. The minimum absolute atomic E-state index is 0.0490. The van der Waals surface area contributed by atoms with Crippen LogP contribution >= 0.6 is 0 Å². The molecule has 0 radical (unpaired) electrons. The van der Waals surface area contributed by atoms with Crippen LogP contribution in [0.3, 0.4) is 0 Å². The number of rotatable bonds is 19. The summed E-state index contributed by atoms with van der Waals surface area (Å²) in [7, 11) is 0. The normalized spacial score (nSPS) is 24.4. The Bertz CT molecular complexity index is 2410. The molecule has 0 spiro atoms. The molecule has 9 rings (SSSR count). The number of unbranched alkanes of at least 4 members (excludes halogenated alkanes) is 2. The van der Waals surface area contributed by atoms with Gasteiger partial charge in [0.15, 0.2) is 11.5 Å². The number of allylic oxidation sites excluding steroid dienone is 1. The Morgan fingerprint density at radius 2 is 1.58 bits per heavy atom. The van der Waals surface area contributed by atoms with Crippen LogP contribution in [0.25, 0.3) is 11.1 Å². The molecule has 0 bridgehead atoms. The number of hydrogen-bond donors (Lipinski definition) is 2. The lowest BCUT2D eigenvalue weighted by molar-refractivity contribution is -0.258. The highest BCUT2D eigenvalue weighted by Gasteiger charge is 2.66. The minimum atomic E-state index is -1.37. The van der Waals surface area contributed by atoms with Crippen LogP contribution in [-0.4, -0.2) is 70.8 Å². The number of fused-ring (bicyclic) bond motifs is 3. The molecule has 4 aromatic rings. The molecule has 6 atom stereocenters. The lowest BCUT2D eigenvalue weighted by atomic mass is 9.55. The molecule has 66 heavy (non-hydrogen) atoms. The van der Waals surface area contributed by atoms with Gasteiger partial charge < -0.3 is 43.6 Å².